The summed E-state index contributed by atoms with van der Waals surface area (Å²) >= 11 is 0. The number of rotatable bonds is 6. The Labute approximate surface area is 144 Å². The van der Waals surface area contributed by atoms with Gasteiger partial charge in [0.25, 0.3) is 5.91 Å². The third-order valence-electron chi connectivity index (χ3n) is 3.27. The number of anilines is 1. The number of amides is 1. The Balaban J connectivity index is 2.04. The first-order valence-corrected chi connectivity index (χ1v) is 7.27. The van der Waals surface area contributed by atoms with E-state index >= 15 is 0 Å². The molecule has 0 aliphatic heterocycles. The highest BCUT2D eigenvalue weighted by molar-refractivity contribution is 5.93. The van der Waals surface area contributed by atoms with Gasteiger partial charge in [-0.3, -0.25) is 4.79 Å². The molecule has 0 radical (unpaired) electrons. The fourth-order valence-electron chi connectivity index (χ4n) is 2.05. The van der Waals surface area contributed by atoms with Crippen LogP contribution in [0.15, 0.2) is 42.5 Å². The van der Waals surface area contributed by atoms with Crippen LogP contribution in [0.1, 0.15) is 15.9 Å². The number of para-hydroxylation sites is 1. The van der Waals surface area contributed by atoms with Gasteiger partial charge in [0.2, 0.25) is 0 Å². The molecule has 25 heavy (non-hydrogen) atoms. The van der Waals surface area contributed by atoms with Crippen LogP contribution >= 0.6 is 0 Å². The Bertz CT molecular complexity index is 826. The average Bonchev–Trinajstić information content (AvgIpc) is 2.65. The molecule has 2 aromatic carbocycles. The fourth-order valence-corrected chi connectivity index (χ4v) is 2.05. The molecule has 0 saturated carbocycles. The van der Waals surface area contributed by atoms with Crippen LogP contribution in [0.2, 0.25) is 0 Å². The van der Waals surface area contributed by atoms with Crippen LogP contribution in [0.5, 0.6) is 11.5 Å². The highest BCUT2D eigenvalue weighted by Crippen LogP contribution is 2.28. The molecular formula is C18H16N2O5. The van der Waals surface area contributed by atoms with Crippen molar-refractivity contribution in [3.63, 3.8) is 0 Å². The van der Waals surface area contributed by atoms with Crippen molar-refractivity contribution < 1.29 is 23.8 Å². The van der Waals surface area contributed by atoms with Crippen LogP contribution in [0, 0.1) is 11.3 Å². The van der Waals surface area contributed by atoms with Crippen molar-refractivity contribution in [2.45, 2.75) is 0 Å². The maximum absolute atomic E-state index is 12.0. The molecule has 0 fully saturated rings. The van der Waals surface area contributed by atoms with Gasteiger partial charge in [-0.25, -0.2) is 4.79 Å². The number of esters is 1. The average molecular weight is 340 g/mol. The van der Waals surface area contributed by atoms with E-state index in [9.17, 15) is 9.59 Å². The second kappa shape index (κ2) is 8.36. The van der Waals surface area contributed by atoms with Gasteiger partial charge >= 0.3 is 5.97 Å². The summed E-state index contributed by atoms with van der Waals surface area (Å²) in [6.45, 7) is -0.284. The van der Waals surface area contributed by atoms with E-state index in [4.69, 9.17) is 14.7 Å². The Morgan fingerprint density at radius 1 is 1.12 bits per heavy atom. The fraction of sp³-hybridized carbons (Fsp3) is 0.167. The van der Waals surface area contributed by atoms with Crippen molar-refractivity contribution in [3.05, 3.63) is 53.6 Å². The van der Waals surface area contributed by atoms with E-state index in [2.05, 4.69) is 10.1 Å². The van der Waals surface area contributed by atoms with Crippen molar-refractivity contribution in [2.24, 2.45) is 0 Å². The third-order valence-corrected chi connectivity index (χ3v) is 3.27. The molecular weight excluding hydrogens is 324 g/mol. The highest BCUT2D eigenvalue weighted by atomic mass is 16.5. The molecule has 0 spiro atoms. The lowest BCUT2D eigenvalue weighted by atomic mass is 10.2. The van der Waals surface area contributed by atoms with E-state index in [0.717, 1.165) is 0 Å². The first kappa shape index (κ1) is 17.8. The number of benzene rings is 2. The number of ether oxygens (including phenoxy) is 3. The third kappa shape index (κ3) is 4.48. The normalized spacial score (nSPS) is 9.64. The summed E-state index contributed by atoms with van der Waals surface area (Å²) in [7, 11) is 2.70. The zero-order chi connectivity index (χ0) is 18.2. The summed E-state index contributed by atoms with van der Waals surface area (Å²) < 4.78 is 15.2. The second-order valence-electron chi connectivity index (χ2n) is 4.85. The summed E-state index contributed by atoms with van der Waals surface area (Å²) in [6, 6.07) is 13.1. The van der Waals surface area contributed by atoms with Crippen LogP contribution in [0.4, 0.5) is 5.69 Å². The Morgan fingerprint density at radius 2 is 1.88 bits per heavy atom. The van der Waals surface area contributed by atoms with E-state index in [1.165, 1.54) is 32.4 Å². The molecule has 0 aliphatic carbocycles. The molecule has 2 aromatic rings. The Kier molecular flexibility index (Phi) is 5.96. The van der Waals surface area contributed by atoms with Crippen molar-refractivity contribution in [2.75, 3.05) is 26.1 Å². The molecule has 2 rings (SSSR count). The molecule has 0 aromatic heterocycles. The molecule has 1 N–H and O–H groups in total. The van der Waals surface area contributed by atoms with Crippen molar-refractivity contribution in [1.82, 2.24) is 0 Å². The summed E-state index contributed by atoms with van der Waals surface area (Å²) in [6.07, 6.45) is 0. The summed E-state index contributed by atoms with van der Waals surface area (Å²) in [5.74, 6) is -0.329. The number of nitriles is 1. The van der Waals surface area contributed by atoms with E-state index < -0.39 is 11.9 Å². The van der Waals surface area contributed by atoms with Crippen molar-refractivity contribution >= 4 is 17.6 Å². The highest BCUT2D eigenvalue weighted by Gasteiger charge is 2.13. The minimum absolute atomic E-state index is 0.284. The Morgan fingerprint density at radius 3 is 2.56 bits per heavy atom. The minimum atomic E-state index is -0.504. The van der Waals surface area contributed by atoms with Gasteiger partial charge in [0.15, 0.2) is 18.1 Å². The van der Waals surface area contributed by atoms with Gasteiger partial charge in [-0.15, -0.1) is 0 Å². The summed E-state index contributed by atoms with van der Waals surface area (Å²) in [4.78, 5) is 23.5. The van der Waals surface area contributed by atoms with Gasteiger partial charge in [0.05, 0.1) is 31.0 Å². The first-order chi connectivity index (χ1) is 12.1. The molecule has 0 bridgehead atoms. The number of nitrogens with one attached hydrogen (secondary N) is 1. The first-order valence-electron chi connectivity index (χ1n) is 7.27. The van der Waals surface area contributed by atoms with E-state index in [1.54, 1.807) is 24.3 Å². The second-order valence-corrected chi connectivity index (χ2v) is 4.85. The number of methoxy groups -OCH3 is 2. The quantitative estimate of drug-likeness (QED) is 0.811. The van der Waals surface area contributed by atoms with E-state index in [1.807, 2.05) is 6.07 Å². The zero-order valence-electron chi connectivity index (χ0n) is 13.7. The van der Waals surface area contributed by atoms with Crippen LogP contribution in [-0.4, -0.2) is 32.7 Å². The molecule has 7 heteroatoms. The monoisotopic (exact) mass is 340 g/mol. The van der Waals surface area contributed by atoms with Gasteiger partial charge in [-0.1, -0.05) is 12.1 Å². The lowest BCUT2D eigenvalue weighted by Gasteiger charge is -2.12. The van der Waals surface area contributed by atoms with Gasteiger partial charge in [-0.05, 0) is 30.3 Å². The number of hydrogen-bond acceptors (Lipinski definition) is 6. The van der Waals surface area contributed by atoms with Gasteiger partial charge in [-0.2, -0.15) is 5.26 Å². The Hall–Kier alpha value is -3.53. The zero-order valence-corrected chi connectivity index (χ0v) is 13.7. The maximum Gasteiger partial charge on any atom is 0.337 e. The standard InChI is InChI=1S/C18H16N2O5/c1-23-16-9-12(18(22)24-2)7-8-15(16)25-11-17(21)20-14-6-4-3-5-13(14)10-19/h3-9H,11H2,1-2H3,(H,20,21). The predicted molar refractivity (Wildman–Crippen MR) is 89.6 cm³/mol. The van der Waals surface area contributed by atoms with Gasteiger partial charge < -0.3 is 19.5 Å². The SMILES string of the molecule is COC(=O)c1ccc(OCC(=O)Nc2ccccc2C#N)c(OC)c1. The number of hydrogen-bond donors (Lipinski definition) is 1. The molecule has 7 nitrogen and oxygen atoms in total. The predicted octanol–water partition coefficient (Wildman–Crippen LogP) is 2.37. The molecule has 128 valence electrons. The number of carbonyl (C=O) groups is 2. The summed E-state index contributed by atoms with van der Waals surface area (Å²) in [5, 5.41) is 11.6. The lowest BCUT2D eigenvalue weighted by molar-refractivity contribution is -0.118. The largest absolute Gasteiger partial charge is 0.493 e. The van der Waals surface area contributed by atoms with Gasteiger partial charge in [0, 0.05) is 0 Å². The van der Waals surface area contributed by atoms with Gasteiger partial charge in [0.1, 0.15) is 6.07 Å². The van der Waals surface area contributed by atoms with Crippen molar-refractivity contribution in [3.8, 4) is 17.6 Å². The van der Waals surface area contributed by atoms with Crippen LogP contribution < -0.4 is 14.8 Å². The topological polar surface area (TPSA) is 97.6 Å². The van der Waals surface area contributed by atoms with Crippen LogP contribution in [-0.2, 0) is 9.53 Å². The molecule has 0 saturated heterocycles. The number of carbonyl (C=O) groups excluding carboxylic acids is 2. The smallest absolute Gasteiger partial charge is 0.337 e. The van der Waals surface area contributed by atoms with Crippen LogP contribution in [0.25, 0.3) is 0 Å². The molecule has 0 heterocycles. The molecule has 0 unspecified atom stereocenters. The van der Waals surface area contributed by atoms with Crippen molar-refractivity contribution in [1.29, 1.82) is 5.26 Å². The molecule has 0 aliphatic rings. The number of nitrogens with zero attached hydrogens (tertiary/aromatic N) is 1. The van der Waals surface area contributed by atoms with E-state index in [0.29, 0.717) is 28.3 Å². The lowest BCUT2D eigenvalue weighted by Crippen LogP contribution is -2.21. The molecule has 0 atom stereocenters. The maximum atomic E-state index is 12.0. The van der Waals surface area contributed by atoms with Crippen LogP contribution in [0.3, 0.4) is 0 Å². The van der Waals surface area contributed by atoms with E-state index in [-0.39, 0.29) is 6.61 Å². The minimum Gasteiger partial charge on any atom is -0.493 e. The summed E-state index contributed by atoms with van der Waals surface area (Å²) in [5.41, 5.74) is 1.07. The molecule has 1 amide bonds.